The first-order chi connectivity index (χ1) is 18.3. The average Bonchev–Trinajstić information content (AvgIpc) is 3.38. The Bertz CT molecular complexity index is 1470. The number of para-hydroxylation sites is 1. The number of anilines is 1. The van der Waals surface area contributed by atoms with Crippen LogP contribution in [0, 0.1) is 21.4 Å². The van der Waals surface area contributed by atoms with Crippen LogP contribution < -0.4 is 14.8 Å². The minimum absolute atomic E-state index is 0.0899. The largest absolute Gasteiger partial charge is 0.490 e. The molecule has 2 heterocycles. The Labute approximate surface area is 224 Å². The second-order valence-corrected chi connectivity index (χ2v) is 9.71. The Kier molecular flexibility index (Phi) is 6.69. The maximum Gasteiger partial charge on any atom is 0.256 e. The summed E-state index contributed by atoms with van der Waals surface area (Å²) >= 11 is 6.68. The van der Waals surface area contributed by atoms with Gasteiger partial charge in [0, 0.05) is 28.3 Å². The molecule has 10 heteroatoms. The van der Waals surface area contributed by atoms with Gasteiger partial charge in [0.05, 0.1) is 29.2 Å². The van der Waals surface area contributed by atoms with Gasteiger partial charge in [0.25, 0.3) is 11.9 Å². The van der Waals surface area contributed by atoms with Crippen molar-refractivity contribution in [2.75, 3.05) is 25.5 Å². The number of hydrogen-bond acceptors (Lipinski definition) is 7. The van der Waals surface area contributed by atoms with Crippen LogP contribution in [0.2, 0.25) is 5.02 Å². The summed E-state index contributed by atoms with van der Waals surface area (Å²) in [4.78, 5) is 27.4. The third-order valence-corrected chi connectivity index (χ3v) is 7.59. The van der Waals surface area contributed by atoms with Crippen molar-refractivity contribution in [3.63, 3.8) is 0 Å². The molecule has 0 aliphatic carbocycles. The maximum atomic E-state index is 13.4. The highest BCUT2D eigenvalue weighted by Crippen LogP contribution is 2.53. The van der Waals surface area contributed by atoms with Crippen LogP contribution in [0.25, 0.3) is 0 Å². The number of nitriles is 1. The summed E-state index contributed by atoms with van der Waals surface area (Å²) in [5.74, 6) is -0.450. The summed E-state index contributed by atoms with van der Waals surface area (Å²) in [7, 11) is 1.73. The fourth-order valence-electron chi connectivity index (χ4n) is 5.69. The zero-order chi connectivity index (χ0) is 27.0. The van der Waals surface area contributed by atoms with E-state index >= 15 is 0 Å². The smallest absolute Gasteiger partial charge is 0.256 e. The van der Waals surface area contributed by atoms with E-state index in [-0.39, 0.29) is 28.8 Å². The molecule has 1 amide bonds. The summed E-state index contributed by atoms with van der Waals surface area (Å²) in [5, 5.41) is 25.1. The minimum atomic E-state index is -1.46. The van der Waals surface area contributed by atoms with Crippen LogP contribution in [0.5, 0.6) is 11.5 Å². The molecule has 0 aromatic heterocycles. The number of carbonyl (C=O) groups excluding carboxylic acids is 1. The SMILES string of the molecule is CCOc1cc([C@@H]2CN(C)[C@]3(C(=O)Nc4ccccc43)[C@H]2[N+](=O)[O-])cc(Cl)c1OCc1ccccc1C#N. The van der Waals surface area contributed by atoms with E-state index in [0.717, 1.165) is 0 Å². The molecule has 9 nitrogen and oxygen atoms in total. The minimum Gasteiger partial charge on any atom is -0.490 e. The lowest BCUT2D eigenvalue weighted by Crippen LogP contribution is -2.54. The molecular formula is C28H25ClN4O5. The van der Waals surface area contributed by atoms with E-state index in [9.17, 15) is 20.2 Å². The molecule has 1 fully saturated rings. The number of likely N-dealkylation sites (tertiary alicyclic amines) is 1. The zero-order valence-corrected chi connectivity index (χ0v) is 21.6. The van der Waals surface area contributed by atoms with Gasteiger partial charge in [-0.2, -0.15) is 5.26 Å². The van der Waals surface area contributed by atoms with Gasteiger partial charge in [0.1, 0.15) is 6.61 Å². The number of nitrogens with zero attached hydrogens (tertiary/aromatic N) is 3. The first kappa shape index (κ1) is 25.5. The number of ether oxygens (including phenoxy) is 2. The van der Waals surface area contributed by atoms with E-state index in [4.69, 9.17) is 21.1 Å². The van der Waals surface area contributed by atoms with Gasteiger partial charge in [0.2, 0.25) is 0 Å². The van der Waals surface area contributed by atoms with Crippen LogP contribution in [-0.2, 0) is 16.9 Å². The molecule has 2 aliphatic heterocycles. The predicted molar refractivity (Wildman–Crippen MR) is 141 cm³/mol. The second-order valence-electron chi connectivity index (χ2n) is 9.30. The van der Waals surface area contributed by atoms with Crippen molar-refractivity contribution in [2.45, 2.75) is 31.0 Å². The molecule has 3 atom stereocenters. The van der Waals surface area contributed by atoms with Gasteiger partial charge in [-0.1, -0.05) is 48.0 Å². The molecule has 1 N–H and O–H groups in total. The number of fused-ring (bicyclic) bond motifs is 2. The molecule has 0 unspecified atom stereocenters. The van der Waals surface area contributed by atoms with E-state index < -0.39 is 23.4 Å². The van der Waals surface area contributed by atoms with Crippen molar-refractivity contribution < 1.29 is 19.2 Å². The summed E-state index contributed by atoms with van der Waals surface area (Å²) in [5.41, 5.74) is 1.46. The van der Waals surface area contributed by atoms with Gasteiger partial charge < -0.3 is 14.8 Å². The van der Waals surface area contributed by atoms with Gasteiger partial charge in [-0.25, -0.2) is 0 Å². The number of nitrogens with one attached hydrogen (secondary N) is 1. The fraction of sp³-hybridized carbons (Fsp3) is 0.286. The third-order valence-electron chi connectivity index (χ3n) is 7.31. The van der Waals surface area contributed by atoms with E-state index in [2.05, 4.69) is 11.4 Å². The number of likely N-dealkylation sites (N-methyl/N-ethyl adjacent to an activating group) is 1. The molecule has 0 bridgehead atoms. The van der Waals surface area contributed by atoms with Gasteiger partial charge >= 0.3 is 0 Å². The molecule has 1 saturated heterocycles. The highest BCUT2D eigenvalue weighted by molar-refractivity contribution is 6.32. The van der Waals surface area contributed by atoms with Crippen molar-refractivity contribution >= 4 is 23.2 Å². The van der Waals surface area contributed by atoms with Crippen LogP contribution in [0.4, 0.5) is 5.69 Å². The summed E-state index contributed by atoms with van der Waals surface area (Å²) < 4.78 is 11.8. The van der Waals surface area contributed by atoms with E-state index in [1.807, 2.05) is 13.0 Å². The third kappa shape index (κ3) is 3.93. The Balaban J connectivity index is 1.54. The lowest BCUT2D eigenvalue weighted by Gasteiger charge is -2.30. The number of carbonyl (C=O) groups is 1. The topological polar surface area (TPSA) is 118 Å². The van der Waals surface area contributed by atoms with Gasteiger partial charge in [-0.05, 0) is 43.8 Å². The van der Waals surface area contributed by atoms with Crippen molar-refractivity contribution in [2.24, 2.45) is 0 Å². The fourth-order valence-corrected chi connectivity index (χ4v) is 5.96. The normalized spacial score (nSPS) is 22.1. The molecular weight excluding hydrogens is 508 g/mol. The Morgan fingerprint density at radius 1 is 1.21 bits per heavy atom. The summed E-state index contributed by atoms with van der Waals surface area (Å²) in [6, 6.07) is 18.4. The lowest BCUT2D eigenvalue weighted by molar-refractivity contribution is -0.534. The van der Waals surface area contributed by atoms with E-state index in [1.54, 1.807) is 66.5 Å². The highest BCUT2D eigenvalue weighted by atomic mass is 35.5. The van der Waals surface area contributed by atoms with Crippen molar-refractivity contribution in [3.05, 3.63) is 98.1 Å². The average molecular weight is 533 g/mol. The molecule has 194 valence electrons. The van der Waals surface area contributed by atoms with Crippen LogP contribution >= 0.6 is 11.6 Å². The molecule has 1 spiro atoms. The molecule has 3 aromatic carbocycles. The van der Waals surface area contributed by atoms with Gasteiger partial charge in [-0.3, -0.25) is 19.8 Å². The lowest BCUT2D eigenvalue weighted by atomic mass is 9.79. The monoisotopic (exact) mass is 532 g/mol. The molecule has 0 radical (unpaired) electrons. The summed E-state index contributed by atoms with van der Waals surface area (Å²) in [6.45, 7) is 2.47. The highest BCUT2D eigenvalue weighted by Gasteiger charge is 2.68. The van der Waals surface area contributed by atoms with Crippen molar-refractivity contribution in [1.29, 1.82) is 5.26 Å². The van der Waals surface area contributed by atoms with Crippen LogP contribution in [0.3, 0.4) is 0 Å². The van der Waals surface area contributed by atoms with Crippen LogP contribution in [0.15, 0.2) is 60.7 Å². The standard InChI is InChI=1S/C28H25ClN4O5/c1-3-37-24-13-19(12-22(29)25(24)38-16-18-9-5-4-8-17(18)14-30)20-15-32(2)28(26(20)33(35)36)21-10-6-7-11-23(21)31-27(28)34/h4-13,20,26H,3,15-16H2,1-2H3,(H,31,34)/t20-,26-,28-/m0/s1. The Morgan fingerprint density at radius 3 is 2.68 bits per heavy atom. The predicted octanol–water partition coefficient (Wildman–Crippen LogP) is 4.71. The Hall–Kier alpha value is -4.13. The molecule has 0 saturated carbocycles. The molecule has 3 aromatic rings. The van der Waals surface area contributed by atoms with Crippen molar-refractivity contribution in [1.82, 2.24) is 4.90 Å². The number of halogens is 1. The number of amides is 1. The second kappa shape index (κ2) is 9.97. The zero-order valence-electron chi connectivity index (χ0n) is 20.8. The first-order valence-corrected chi connectivity index (χ1v) is 12.5. The van der Waals surface area contributed by atoms with Crippen LogP contribution in [-0.4, -0.2) is 42.0 Å². The number of hydrogen-bond donors (Lipinski definition) is 1. The van der Waals surface area contributed by atoms with Gasteiger partial charge in [-0.15, -0.1) is 0 Å². The van der Waals surface area contributed by atoms with Gasteiger partial charge in [0.15, 0.2) is 17.0 Å². The molecule has 38 heavy (non-hydrogen) atoms. The molecule has 5 rings (SSSR count). The quantitative estimate of drug-likeness (QED) is 0.346. The van der Waals surface area contributed by atoms with Crippen molar-refractivity contribution in [3.8, 4) is 17.6 Å². The number of nitro groups is 1. The number of rotatable bonds is 7. The van der Waals surface area contributed by atoms with E-state index in [0.29, 0.717) is 40.3 Å². The molecule has 2 aliphatic rings. The van der Waals surface area contributed by atoms with Crippen LogP contribution in [0.1, 0.15) is 35.1 Å². The summed E-state index contributed by atoms with van der Waals surface area (Å²) in [6.07, 6.45) is 0. The Morgan fingerprint density at radius 2 is 1.95 bits per heavy atom. The van der Waals surface area contributed by atoms with E-state index in [1.165, 1.54) is 0 Å². The number of benzene rings is 3. The maximum absolute atomic E-state index is 13.4. The first-order valence-electron chi connectivity index (χ1n) is 12.2.